The molecule has 1 fully saturated rings. The van der Waals surface area contributed by atoms with Crippen LogP contribution in [0.2, 0.25) is 0 Å². The SMILES string of the molecule is CCOC(=O)N1C(=O)C(=CC=C(C)N(C)C)SC1C. The molecular weight excluding hydrogens is 264 g/mol. The molecule has 0 N–H and O–H groups in total. The summed E-state index contributed by atoms with van der Waals surface area (Å²) in [6.45, 7) is 5.74. The van der Waals surface area contributed by atoms with Crippen LogP contribution in [0.25, 0.3) is 0 Å². The molecule has 0 aliphatic carbocycles. The Bertz CT molecular complexity index is 430. The quantitative estimate of drug-likeness (QED) is 0.745. The molecule has 0 aromatic carbocycles. The minimum absolute atomic E-state index is 0.231. The van der Waals surface area contributed by atoms with Crippen LogP contribution in [0, 0.1) is 0 Å². The summed E-state index contributed by atoms with van der Waals surface area (Å²) < 4.78 is 4.88. The smallest absolute Gasteiger partial charge is 0.417 e. The predicted octanol–water partition coefficient (Wildman–Crippen LogP) is 2.41. The third kappa shape index (κ3) is 3.76. The highest BCUT2D eigenvalue weighted by Gasteiger charge is 2.38. The number of nitrogens with zero attached hydrogens (tertiary/aromatic N) is 2. The molecule has 0 aromatic heterocycles. The number of carbonyl (C=O) groups excluding carboxylic acids is 2. The normalized spacial score (nSPS) is 22.1. The average Bonchev–Trinajstić information content (AvgIpc) is 2.61. The highest BCUT2D eigenvalue weighted by molar-refractivity contribution is 8.05. The van der Waals surface area contributed by atoms with E-state index in [1.54, 1.807) is 13.0 Å². The second kappa shape index (κ2) is 6.65. The Balaban J connectivity index is 2.86. The van der Waals surface area contributed by atoms with E-state index < -0.39 is 6.09 Å². The second-order valence-corrected chi connectivity index (χ2v) is 5.68. The first kappa shape index (κ1) is 15.6. The van der Waals surface area contributed by atoms with E-state index in [0.717, 1.165) is 10.6 Å². The van der Waals surface area contributed by atoms with E-state index in [4.69, 9.17) is 4.74 Å². The Kier molecular flexibility index (Phi) is 5.47. The first-order valence-corrected chi connectivity index (χ1v) is 6.99. The van der Waals surface area contributed by atoms with E-state index in [0.29, 0.717) is 4.91 Å². The average molecular weight is 284 g/mol. The van der Waals surface area contributed by atoms with Gasteiger partial charge in [0.05, 0.1) is 16.9 Å². The van der Waals surface area contributed by atoms with Crippen molar-refractivity contribution < 1.29 is 14.3 Å². The molecule has 1 atom stereocenters. The van der Waals surface area contributed by atoms with Crippen LogP contribution in [0.4, 0.5) is 4.79 Å². The number of hydrogen-bond donors (Lipinski definition) is 0. The van der Waals surface area contributed by atoms with Crippen LogP contribution in [-0.4, -0.2) is 47.9 Å². The van der Waals surface area contributed by atoms with Gasteiger partial charge in [0.25, 0.3) is 5.91 Å². The fraction of sp³-hybridized carbons (Fsp3) is 0.538. The summed E-state index contributed by atoms with van der Waals surface area (Å²) in [5.74, 6) is -0.293. The van der Waals surface area contributed by atoms with Gasteiger partial charge in [0.1, 0.15) is 0 Å². The minimum Gasteiger partial charge on any atom is -0.449 e. The lowest BCUT2D eigenvalue weighted by atomic mass is 10.3. The maximum absolute atomic E-state index is 12.1. The van der Waals surface area contributed by atoms with Crippen molar-refractivity contribution in [3.05, 3.63) is 22.8 Å². The maximum atomic E-state index is 12.1. The van der Waals surface area contributed by atoms with Gasteiger partial charge in [-0.15, -0.1) is 0 Å². The van der Waals surface area contributed by atoms with Gasteiger partial charge in [-0.3, -0.25) is 4.79 Å². The molecule has 0 bridgehead atoms. The van der Waals surface area contributed by atoms with Crippen molar-refractivity contribution in [2.45, 2.75) is 26.1 Å². The van der Waals surface area contributed by atoms with Crippen molar-refractivity contribution in [3.63, 3.8) is 0 Å². The molecule has 19 heavy (non-hydrogen) atoms. The Hall–Kier alpha value is -1.43. The fourth-order valence-corrected chi connectivity index (χ4v) is 2.45. The summed E-state index contributed by atoms with van der Waals surface area (Å²) in [4.78, 5) is 27.4. The van der Waals surface area contributed by atoms with Gasteiger partial charge in [-0.25, -0.2) is 9.69 Å². The van der Waals surface area contributed by atoms with Crippen molar-refractivity contribution >= 4 is 23.8 Å². The van der Waals surface area contributed by atoms with Crippen LogP contribution in [0.5, 0.6) is 0 Å². The lowest BCUT2D eigenvalue weighted by Crippen LogP contribution is -2.37. The first-order valence-electron chi connectivity index (χ1n) is 6.11. The van der Waals surface area contributed by atoms with Gasteiger partial charge in [0.15, 0.2) is 0 Å². The van der Waals surface area contributed by atoms with Gasteiger partial charge in [-0.2, -0.15) is 0 Å². The zero-order chi connectivity index (χ0) is 14.6. The molecule has 106 valence electrons. The number of rotatable bonds is 3. The molecule has 1 rings (SSSR count). The molecule has 2 amide bonds. The molecule has 1 heterocycles. The summed E-state index contributed by atoms with van der Waals surface area (Å²) in [6.07, 6.45) is 3.03. The van der Waals surface area contributed by atoms with Crippen molar-refractivity contribution in [1.29, 1.82) is 0 Å². The van der Waals surface area contributed by atoms with Crippen molar-refractivity contribution in [1.82, 2.24) is 9.80 Å². The number of hydrogen-bond acceptors (Lipinski definition) is 5. The fourth-order valence-electron chi connectivity index (χ4n) is 1.45. The Labute approximate surface area is 118 Å². The molecule has 1 saturated heterocycles. The summed E-state index contributed by atoms with van der Waals surface area (Å²) in [5.41, 5.74) is 1.03. The van der Waals surface area contributed by atoms with Crippen LogP contribution < -0.4 is 0 Å². The van der Waals surface area contributed by atoms with Gasteiger partial charge in [0.2, 0.25) is 0 Å². The van der Waals surface area contributed by atoms with Crippen LogP contribution in [0.1, 0.15) is 20.8 Å². The van der Waals surface area contributed by atoms with Crippen LogP contribution in [0.3, 0.4) is 0 Å². The van der Waals surface area contributed by atoms with E-state index in [1.165, 1.54) is 11.8 Å². The van der Waals surface area contributed by atoms with Gasteiger partial charge in [-0.05, 0) is 32.9 Å². The van der Waals surface area contributed by atoms with E-state index >= 15 is 0 Å². The van der Waals surface area contributed by atoms with E-state index in [2.05, 4.69) is 0 Å². The van der Waals surface area contributed by atoms with E-state index in [9.17, 15) is 9.59 Å². The molecule has 1 aliphatic heterocycles. The van der Waals surface area contributed by atoms with Crippen molar-refractivity contribution in [2.24, 2.45) is 0 Å². The lowest BCUT2D eigenvalue weighted by molar-refractivity contribution is -0.124. The van der Waals surface area contributed by atoms with Gasteiger partial charge in [0, 0.05) is 19.8 Å². The third-order valence-corrected chi connectivity index (χ3v) is 3.85. The maximum Gasteiger partial charge on any atom is 0.417 e. The monoisotopic (exact) mass is 284 g/mol. The zero-order valence-corrected chi connectivity index (χ0v) is 12.8. The molecular formula is C13H20N2O3S. The Morgan fingerprint density at radius 2 is 2.16 bits per heavy atom. The Morgan fingerprint density at radius 3 is 2.68 bits per heavy atom. The second-order valence-electron chi connectivity index (χ2n) is 4.32. The molecule has 0 saturated carbocycles. The zero-order valence-electron chi connectivity index (χ0n) is 12.0. The molecule has 0 radical (unpaired) electrons. The summed E-state index contributed by atoms with van der Waals surface area (Å²) in [5, 5.41) is -0.231. The van der Waals surface area contributed by atoms with Crippen LogP contribution in [0.15, 0.2) is 22.8 Å². The van der Waals surface area contributed by atoms with Crippen molar-refractivity contribution in [2.75, 3.05) is 20.7 Å². The number of thioether (sulfide) groups is 1. The largest absolute Gasteiger partial charge is 0.449 e. The first-order chi connectivity index (χ1) is 8.88. The molecule has 0 spiro atoms. The minimum atomic E-state index is -0.579. The molecule has 1 aliphatic rings. The highest BCUT2D eigenvalue weighted by Crippen LogP contribution is 2.35. The molecule has 6 heteroatoms. The Morgan fingerprint density at radius 1 is 1.53 bits per heavy atom. The van der Waals surface area contributed by atoms with Gasteiger partial charge in [-0.1, -0.05) is 11.8 Å². The molecule has 1 unspecified atom stereocenters. The standard InChI is InChI=1S/C13H20N2O3S/c1-6-18-13(17)15-10(3)19-11(12(15)16)8-7-9(2)14(4)5/h7-8,10H,6H2,1-5H3. The van der Waals surface area contributed by atoms with E-state index in [-0.39, 0.29) is 17.9 Å². The van der Waals surface area contributed by atoms with Crippen LogP contribution in [-0.2, 0) is 9.53 Å². The third-order valence-electron chi connectivity index (χ3n) is 2.74. The van der Waals surface area contributed by atoms with Gasteiger partial charge >= 0.3 is 6.09 Å². The van der Waals surface area contributed by atoms with E-state index in [1.807, 2.05) is 38.9 Å². The summed E-state index contributed by atoms with van der Waals surface area (Å²) in [6, 6.07) is 0. The van der Waals surface area contributed by atoms with Gasteiger partial charge < -0.3 is 9.64 Å². The summed E-state index contributed by atoms with van der Waals surface area (Å²) in [7, 11) is 3.86. The predicted molar refractivity (Wildman–Crippen MR) is 76.4 cm³/mol. The van der Waals surface area contributed by atoms with Crippen molar-refractivity contribution in [3.8, 4) is 0 Å². The number of ether oxygens (including phenoxy) is 1. The number of allylic oxidation sites excluding steroid dienone is 3. The number of carbonyl (C=O) groups is 2. The van der Waals surface area contributed by atoms with Crippen LogP contribution >= 0.6 is 11.8 Å². The summed E-state index contributed by atoms with van der Waals surface area (Å²) >= 11 is 1.36. The topological polar surface area (TPSA) is 49.9 Å². The molecule has 5 nitrogen and oxygen atoms in total. The lowest BCUT2D eigenvalue weighted by Gasteiger charge is -2.16. The molecule has 0 aromatic rings. The number of amides is 2. The number of imide groups is 1. The highest BCUT2D eigenvalue weighted by atomic mass is 32.2.